The first-order chi connectivity index (χ1) is 8.63. The normalized spacial score (nSPS) is 16.9. The zero-order chi connectivity index (χ0) is 13.1. The summed E-state index contributed by atoms with van der Waals surface area (Å²) in [5, 5.41) is 0. The number of benzene rings is 1. The van der Waals surface area contributed by atoms with E-state index < -0.39 is 0 Å². The number of piperazine rings is 1. The van der Waals surface area contributed by atoms with E-state index in [-0.39, 0.29) is 5.91 Å². The van der Waals surface area contributed by atoms with Gasteiger partial charge in [0.2, 0.25) is 0 Å². The molecule has 0 atom stereocenters. The Kier molecular flexibility index (Phi) is 5.03. The molecule has 0 bridgehead atoms. The van der Waals surface area contributed by atoms with E-state index in [1.807, 2.05) is 23.1 Å². The number of halogens is 2. The van der Waals surface area contributed by atoms with Crippen molar-refractivity contribution in [2.75, 3.05) is 32.7 Å². The van der Waals surface area contributed by atoms with Crippen molar-refractivity contribution < 1.29 is 4.79 Å². The molecule has 0 aromatic heterocycles. The fourth-order valence-electron chi connectivity index (χ4n) is 2.11. The Hall–Kier alpha value is -0.140. The van der Waals surface area contributed by atoms with Crippen LogP contribution in [-0.4, -0.2) is 48.4 Å². The van der Waals surface area contributed by atoms with Crippen LogP contribution in [0.3, 0.4) is 0 Å². The lowest BCUT2D eigenvalue weighted by Crippen LogP contribution is -2.48. The van der Waals surface area contributed by atoms with E-state index in [4.69, 9.17) is 0 Å². The van der Waals surface area contributed by atoms with E-state index in [1.165, 1.54) is 0 Å². The predicted molar refractivity (Wildman–Crippen MR) is 84.9 cm³/mol. The van der Waals surface area contributed by atoms with Crippen molar-refractivity contribution in [3.63, 3.8) is 0 Å². The molecular weight excluding hydrogens is 407 g/mol. The SMILES string of the molecule is CCN1CCN(C(=O)c2cccc(Br)c2I)CC1. The molecule has 1 saturated heterocycles. The summed E-state index contributed by atoms with van der Waals surface area (Å²) in [7, 11) is 0. The minimum Gasteiger partial charge on any atom is -0.336 e. The van der Waals surface area contributed by atoms with Crippen LogP contribution in [0.1, 0.15) is 17.3 Å². The molecule has 0 spiro atoms. The van der Waals surface area contributed by atoms with Gasteiger partial charge in [-0.05, 0) is 57.2 Å². The highest BCUT2D eigenvalue weighted by molar-refractivity contribution is 14.1. The minimum atomic E-state index is 0.149. The van der Waals surface area contributed by atoms with Gasteiger partial charge >= 0.3 is 0 Å². The maximum atomic E-state index is 12.4. The number of likely N-dealkylation sites (N-methyl/N-ethyl adjacent to an activating group) is 1. The minimum absolute atomic E-state index is 0.149. The van der Waals surface area contributed by atoms with Gasteiger partial charge in [-0.1, -0.05) is 13.0 Å². The monoisotopic (exact) mass is 422 g/mol. The van der Waals surface area contributed by atoms with Gasteiger partial charge in [-0.2, -0.15) is 0 Å². The van der Waals surface area contributed by atoms with Crippen LogP contribution in [0.2, 0.25) is 0 Å². The van der Waals surface area contributed by atoms with Gasteiger partial charge in [-0.3, -0.25) is 4.79 Å². The van der Waals surface area contributed by atoms with Crippen LogP contribution in [0, 0.1) is 3.57 Å². The molecule has 2 rings (SSSR count). The van der Waals surface area contributed by atoms with Gasteiger partial charge in [0.15, 0.2) is 0 Å². The Morgan fingerprint density at radius 1 is 1.33 bits per heavy atom. The number of hydrogen-bond acceptors (Lipinski definition) is 2. The van der Waals surface area contributed by atoms with E-state index in [1.54, 1.807) is 0 Å². The highest BCUT2D eigenvalue weighted by atomic mass is 127. The lowest BCUT2D eigenvalue weighted by molar-refractivity contribution is 0.0642. The Morgan fingerprint density at radius 3 is 2.61 bits per heavy atom. The standard InChI is InChI=1S/C13H16BrIN2O/c1-2-16-6-8-17(9-7-16)13(18)10-4-3-5-11(14)12(10)15/h3-5H,2,6-9H2,1H3. The van der Waals surface area contributed by atoms with Crippen molar-refractivity contribution in [1.29, 1.82) is 0 Å². The topological polar surface area (TPSA) is 23.6 Å². The Balaban J connectivity index is 2.10. The summed E-state index contributed by atoms with van der Waals surface area (Å²) in [4.78, 5) is 16.8. The second-order valence-electron chi connectivity index (χ2n) is 4.33. The average molecular weight is 423 g/mol. The van der Waals surface area contributed by atoms with Crippen molar-refractivity contribution in [2.24, 2.45) is 0 Å². The number of carbonyl (C=O) groups excluding carboxylic acids is 1. The molecule has 1 aliphatic heterocycles. The number of hydrogen-bond donors (Lipinski definition) is 0. The second kappa shape index (κ2) is 6.34. The van der Waals surface area contributed by atoms with Crippen LogP contribution in [0.4, 0.5) is 0 Å². The second-order valence-corrected chi connectivity index (χ2v) is 6.26. The van der Waals surface area contributed by atoms with Gasteiger partial charge in [-0.15, -0.1) is 0 Å². The van der Waals surface area contributed by atoms with Crippen molar-refractivity contribution in [3.8, 4) is 0 Å². The first-order valence-electron chi connectivity index (χ1n) is 6.09. The molecule has 0 N–H and O–H groups in total. The molecule has 0 aliphatic carbocycles. The van der Waals surface area contributed by atoms with Gasteiger partial charge in [0, 0.05) is 34.2 Å². The predicted octanol–water partition coefficient (Wildman–Crippen LogP) is 2.83. The zero-order valence-electron chi connectivity index (χ0n) is 10.3. The van der Waals surface area contributed by atoms with Gasteiger partial charge in [0.05, 0.1) is 5.56 Å². The van der Waals surface area contributed by atoms with E-state index >= 15 is 0 Å². The van der Waals surface area contributed by atoms with Crippen LogP contribution in [-0.2, 0) is 0 Å². The summed E-state index contributed by atoms with van der Waals surface area (Å²) in [6.07, 6.45) is 0. The first-order valence-corrected chi connectivity index (χ1v) is 7.96. The highest BCUT2D eigenvalue weighted by Gasteiger charge is 2.23. The van der Waals surface area contributed by atoms with Gasteiger partial charge < -0.3 is 9.80 Å². The molecule has 5 heteroatoms. The molecule has 3 nitrogen and oxygen atoms in total. The molecule has 98 valence electrons. The molecule has 1 aromatic carbocycles. The third kappa shape index (κ3) is 3.05. The van der Waals surface area contributed by atoms with Gasteiger partial charge in [-0.25, -0.2) is 0 Å². The molecule has 0 saturated carbocycles. The zero-order valence-corrected chi connectivity index (χ0v) is 14.1. The van der Waals surface area contributed by atoms with Crippen molar-refractivity contribution in [1.82, 2.24) is 9.80 Å². The highest BCUT2D eigenvalue weighted by Crippen LogP contribution is 2.24. The fourth-order valence-corrected chi connectivity index (χ4v) is 3.06. The number of carbonyl (C=O) groups is 1. The van der Waals surface area contributed by atoms with Crippen molar-refractivity contribution in [3.05, 3.63) is 31.8 Å². The molecule has 0 unspecified atom stereocenters. The molecular formula is C13H16BrIN2O. The van der Waals surface area contributed by atoms with Crippen LogP contribution >= 0.6 is 38.5 Å². The molecule has 18 heavy (non-hydrogen) atoms. The van der Waals surface area contributed by atoms with Gasteiger partial charge in [0.25, 0.3) is 5.91 Å². The molecule has 1 aromatic rings. The Morgan fingerprint density at radius 2 is 2.00 bits per heavy atom. The number of nitrogens with zero attached hydrogens (tertiary/aromatic N) is 2. The lowest BCUT2D eigenvalue weighted by Gasteiger charge is -2.34. The smallest absolute Gasteiger partial charge is 0.255 e. The molecule has 1 amide bonds. The fraction of sp³-hybridized carbons (Fsp3) is 0.462. The summed E-state index contributed by atoms with van der Waals surface area (Å²) in [5.41, 5.74) is 0.801. The van der Waals surface area contributed by atoms with E-state index in [0.29, 0.717) is 0 Å². The molecule has 1 aliphatic rings. The van der Waals surface area contributed by atoms with E-state index in [2.05, 4.69) is 50.3 Å². The average Bonchev–Trinajstić information content (AvgIpc) is 2.41. The maximum Gasteiger partial charge on any atom is 0.255 e. The third-order valence-corrected chi connectivity index (χ3v) is 5.85. The maximum absolute atomic E-state index is 12.4. The number of amides is 1. The first kappa shape index (κ1) is 14.3. The van der Waals surface area contributed by atoms with Crippen LogP contribution in [0.15, 0.2) is 22.7 Å². The Labute approximate surface area is 130 Å². The van der Waals surface area contributed by atoms with Gasteiger partial charge in [0.1, 0.15) is 0 Å². The summed E-state index contributed by atoms with van der Waals surface area (Å²) in [6, 6.07) is 5.79. The van der Waals surface area contributed by atoms with Crippen molar-refractivity contribution in [2.45, 2.75) is 6.92 Å². The molecule has 1 fully saturated rings. The number of rotatable bonds is 2. The lowest BCUT2D eigenvalue weighted by atomic mass is 10.2. The largest absolute Gasteiger partial charge is 0.336 e. The van der Waals surface area contributed by atoms with Crippen molar-refractivity contribution >= 4 is 44.4 Å². The third-order valence-electron chi connectivity index (χ3n) is 3.29. The van der Waals surface area contributed by atoms with Crippen LogP contribution < -0.4 is 0 Å². The van der Waals surface area contributed by atoms with Crippen LogP contribution in [0.5, 0.6) is 0 Å². The quantitative estimate of drug-likeness (QED) is 0.684. The summed E-state index contributed by atoms with van der Waals surface area (Å²) >= 11 is 5.70. The van der Waals surface area contributed by atoms with E-state index in [9.17, 15) is 4.79 Å². The molecule has 0 radical (unpaired) electrons. The Bertz CT molecular complexity index is 445. The van der Waals surface area contributed by atoms with E-state index in [0.717, 1.165) is 46.3 Å². The molecule has 1 heterocycles. The summed E-state index contributed by atoms with van der Waals surface area (Å²) < 4.78 is 1.99. The van der Waals surface area contributed by atoms with Crippen LogP contribution in [0.25, 0.3) is 0 Å². The summed E-state index contributed by atoms with van der Waals surface area (Å²) in [6.45, 7) is 6.84. The summed E-state index contributed by atoms with van der Waals surface area (Å²) in [5.74, 6) is 0.149.